The molecule has 0 aliphatic rings. The summed E-state index contributed by atoms with van der Waals surface area (Å²) in [4.78, 5) is 4.26. The largest absolute Gasteiger partial charge is 0.367 e. The molecule has 0 saturated heterocycles. The van der Waals surface area contributed by atoms with Crippen molar-refractivity contribution in [1.82, 2.24) is 24.2 Å². The second-order valence-corrected chi connectivity index (χ2v) is 5.13. The van der Waals surface area contributed by atoms with Gasteiger partial charge in [-0.2, -0.15) is 5.10 Å². The number of pyridine rings is 1. The Morgan fingerprint density at radius 1 is 1.23 bits per heavy atom. The van der Waals surface area contributed by atoms with Crippen molar-refractivity contribution in [1.29, 1.82) is 0 Å². The summed E-state index contributed by atoms with van der Waals surface area (Å²) in [5.74, 6) is 0.271. The van der Waals surface area contributed by atoms with E-state index in [0.29, 0.717) is 0 Å². The van der Waals surface area contributed by atoms with Crippen molar-refractivity contribution in [2.75, 3.05) is 5.73 Å². The molecule has 4 heterocycles. The van der Waals surface area contributed by atoms with Crippen LogP contribution in [0.25, 0.3) is 28.2 Å². The summed E-state index contributed by atoms with van der Waals surface area (Å²) in [6, 6.07) is 6.14. The van der Waals surface area contributed by atoms with Crippen LogP contribution in [0.2, 0.25) is 0 Å². The van der Waals surface area contributed by atoms with Gasteiger partial charge in [-0.15, -0.1) is 5.10 Å². The minimum absolute atomic E-state index is 0.271. The maximum atomic E-state index is 5.71. The average molecular weight is 290 g/mol. The topological polar surface area (TPSA) is 73.5 Å². The highest BCUT2D eigenvalue weighted by Gasteiger charge is 2.12. The normalized spacial score (nSPS) is 11.3. The Morgan fingerprint density at radius 3 is 2.86 bits per heavy atom. The van der Waals surface area contributed by atoms with Crippen LogP contribution in [-0.2, 0) is 0 Å². The third kappa shape index (κ3) is 1.70. The number of hydrogen-bond acceptors (Lipinski definition) is 4. The molecule has 0 saturated carbocycles. The van der Waals surface area contributed by atoms with Gasteiger partial charge in [-0.3, -0.25) is 0 Å². The lowest BCUT2D eigenvalue weighted by atomic mass is 10.1. The van der Waals surface area contributed by atoms with Crippen LogP contribution in [0.1, 0.15) is 11.3 Å². The minimum Gasteiger partial charge on any atom is -0.367 e. The number of nitrogens with zero attached hydrogens (tertiary/aromatic N) is 5. The number of hydrogen-bond donors (Lipinski definition) is 1. The van der Waals surface area contributed by atoms with Gasteiger partial charge in [0.05, 0.1) is 22.9 Å². The summed E-state index contributed by atoms with van der Waals surface area (Å²) in [6.07, 6.45) is 7.44. The van der Waals surface area contributed by atoms with E-state index in [9.17, 15) is 0 Å². The molecule has 4 aromatic rings. The minimum atomic E-state index is 0.271. The Kier molecular flexibility index (Phi) is 2.53. The molecular formula is C16H14N6. The first kappa shape index (κ1) is 12.6. The highest BCUT2D eigenvalue weighted by molar-refractivity contribution is 5.85. The molecule has 0 radical (unpaired) electrons. The molecule has 0 unspecified atom stereocenters. The Morgan fingerprint density at radius 2 is 2.05 bits per heavy atom. The molecule has 0 aliphatic heterocycles. The fourth-order valence-corrected chi connectivity index (χ4v) is 2.78. The first-order valence-corrected chi connectivity index (χ1v) is 6.89. The number of nitrogens with two attached hydrogens (primary N) is 1. The van der Waals surface area contributed by atoms with Crippen molar-refractivity contribution in [2.24, 2.45) is 0 Å². The van der Waals surface area contributed by atoms with E-state index in [0.717, 1.165) is 33.4 Å². The Hall–Kier alpha value is -3.15. The van der Waals surface area contributed by atoms with Gasteiger partial charge in [0.15, 0.2) is 0 Å². The van der Waals surface area contributed by atoms with E-state index in [2.05, 4.69) is 27.8 Å². The third-order valence-corrected chi connectivity index (χ3v) is 3.78. The Bertz CT molecular complexity index is 1020. The molecular weight excluding hydrogens is 276 g/mol. The maximum absolute atomic E-state index is 5.71. The second-order valence-electron chi connectivity index (χ2n) is 5.13. The Labute approximate surface area is 126 Å². The fraction of sp³-hybridized carbons (Fsp3) is 0.0625. The molecule has 0 aliphatic carbocycles. The van der Waals surface area contributed by atoms with Gasteiger partial charge in [0.25, 0.3) is 0 Å². The molecule has 0 amide bonds. The van der Waals surface area contributed by atoms with E-state index in [4.69, 9.17) is 5.73 Å². The first-order chi connectivity index (χ1) is 10.7. The highest BCUT2D eigenvalue weighted by atomic mass is 15.3. The number of fused-ring (bicyclic) bond motifs is 2. The number of anilines is 1. The number of rotatable bonds is 2. The predicted molar refractivity (Wildman–Crippen MR) is 86.4 cm³/mol. The van der Waals surface area contributed by atoms with Crippen LogP contribution in [0.15, 0.2) is 43.4 Å². The van der Waals surface area contributed by atoms with Crippen LogP contribution >= 0.6 is 0 Å². The molecule has 4 aromatic heterocycles. The molecule has 2 N–H and O–H groups in total. The monoisotopic (exact) mass is 290 g/mol. The van der Waals surface area contributed by atoms with E-state index < -0.39 is 0 Å². The number of nitrogen functional groups attached to an aromatic ring is 1. The second kappa shape index (κ2) is 4.42. The molecule has 6 heteroatoms. The van der Waals surface area contributed by atoms with Crippen LogP contribution in [-0.4, -0.2) is 24.2 Å². The standard InChI is InChI=1S/C16H14N6/c1-3-11-9-18-21-6-4-12(8-14(11)21)13-5-7-22-15(13)10(2)19-16(17)20-22/h3-9H,1H2,2H3,(H2,17,20). The van der Waals surface area contributed by atoms with Gasteiger partial charge in [0.2, 0.25) is 5.95 Å². The van der Waals surface area contributed by atoms with E-state index in [1.165, 1.54) is 0 Å². The maximum Gasteiger partial charge on any atom is 0.238 e. The lowest BCUT2D eigenvalue weighted by molar-refractivity contribution is 0.902. The molecule has 0 atom stereocenters. The Balaban J connectivity index is 2.00. The highest BCUT2D eigenvalue weighted by Crippen LogP contribution is 2.28. The van der Waals surface area contributed by atoms with Crippen molar-refractivity contribution in [3.8, 4) is 11.1 Å². The smallest absolute Gasteiger partial charge is 0.238 e. The van der Waals surface area contributed by atoms with Gasteiger partial charge < -0.3 is 5.73 Å². The molecule has 0 bridgehead atoms. The zero-order chi connectivity index (χ0) is 15.3. The first-order valence-electron chi connectivity index (χ1n) is 6.89. The SMILES string of the molecule is C=Cc1cnn2ccc(-c3ccn4nc(N)nc(C)c34)cc12. The van der Waals surface area contributed by atoms with E-state index in [-0.39, 0.29) is 5.95 Å². The van der Waals surface area contributed by atoms with E-state index in [1.807, 2.05) is 36.0 Å². The third-order valence-electron chi connectivity index (χ3n) is 3.78. The van der Waals surface area contributed by atoms with Gasteiger partial charge in [0.1, 0.15) is 0 Å². The van der Waals surface area contributed by atoms with Crippen molar-refractivity contribution in [3.05, 3.63) is 54.6 Å². The summed E-state index contributed by atoms with van der Waals surface area (Å²) >= 11 is 0. The zero-order valence-electron chi connectivity index (χ0n) is 12.1. The van der Waals surface area contributed by atoms with Crippen LogP contribution < -0.4 is 5.73 Å². The summed E-state index contributed by atoms with van der Waals surface area (Å²) in [6.45, 7) is 5.76. The van der Waals surface area contributed by atoms with Crippen LogP contribution in [0, 0.1) is 6.92 Å². The van der Waals surface area contributed by atoms with Crippen LogP contribution in [0.3, 0.4) is 0 Å². The summed E-state index contributed by atoms with van der Waals surface area (Å²) in [5, 5.41) is 8.52. The van der Waals surface area contributed by atoms with Gasteiger partial charge in [-0.05, 0) is 30.7 Å². The molecule has 4 rings (SSSR count). The van der Waals surface area contributed by atoms with Crippen molar-refractivity contribution >= 4 is 23.1 Å². The summed E-state index contributed by atoms with van der Waals surface area (Å²) in [7, 11) is 0. The van der Waals surface area contributed by atoms with Gasteiger partial charge in [0, 0.05) is 23.5 Å². The summed E-state index contributed by atoms with van der Waals surface area (Å²) < 4.78 is 3.60. The average Bonchev–Trinajstić information content (AvgIpc) is 3.09. The molecule has 108 valence electrons. The van der Waals surface area contributed by atoms with Gasteiger partial charge >= 0.3 is 0 Å². The lowest BCUT2D eigenvalue weighted by Crippen LogP contribution is -2.03. The quantitative estimate of drug-likeness (QED) is 0.616. The lowest BCUT2D eigenvalue weighted by Gasteiger charge is -2.05. The molecule has 22 heavy (non-hydrogen) atoms. The molecule has 0 spiro atoms. The molecule has 0 aromatic carbocycles. The van der Waals surface area contributed by atoms with Gasteiger partial charge in [-0.25, -0.2) is 14.0 Å². The number of aryl methyl sites for hydroxylation is 1. The van der Waals surface area contributed by atoms with E-state index >= 15 is 0 Å². The van der Waals surface area contributed by atoms with Crippen molar-refractivity contribution in [2.45, 2.75) is 6.92 Å². The van der Waals surface area contributed by atoms with Crippen LogP contribution in [0.4, 0.5) is 5.95 Å². The fourth-order valence-electron chi connectivity index (χ4n) is 2.78. The predicted octanol–water partition coefficient (Wildman–Crippen LogP) is 2.58. The molecule has 0 fully saturated rings. The van der Waals surface area contributed by atoms with Crippen molar-refractivity contribution < 1.29 is 0 Å². The van der Waals surface area contributed by atoms with E-state index in [1.54, 1.807) is 16.8 Å². The van der Waals surface area contributed by atoms with Crippen molar-refractivity contribution in [3.63, 3.8) is 0 Å². The number of aromatic nitrogens is 5. The molecule has 6 nitrogen and oxygen atoms in total. The van der Waals surface area contributed by atoms with Crippen LogP contribution in [0.5, 0.6) is 0 Å². The van der Waals surface area contributed by atoms with Gasteiger partial charge in [-0.1, -0.05) is 12.7 Å². The zero-order valence-corrected chi connectivity index (χ0v) is 12.1. The summed E-state index contributed by atoms with van der Waals surface area (Å²) in [5.41, 5.74) is 11.7.